The summed E-state index contributed by atoms with van der Waals surface area (Å²) in [6.45, 7) is 11.7. The molecule has 1 unspecified atom stereocenters. The largest absolute Gasteiger partial charge is 0.494 e. The Labute approximate surface area is 213 Å². The lowest BCUT2D eigenvalue weighted by Crippen LogP contribution is -2.43. The highest BCUT2D eigenvalue weighted by molar-refractivity contribution is 5.85. The van der Waals surface area contributed by atoms with Crippen LogP contribution in [0.15, 0.2) is 24.3 Å². The van der Waals surface area contributed by atoms with Gasteiger partial charge < -0.3 is 24.6 Å². The first-order valence-electron chi connectivity index (χ1n) is 12.7. The topological polar surface area (TPSA) is 120 Å². The summed E-state index contributed by atoms with van der Waals surface area (Å²) in [4.78, 5) is 36.9. The van der Waals surface area contributed by atoms with Gasteiger partial charge >= 0.3 is 0 Å². The molecule has 10 nitrogen and oxygen atoms in total. The standard InChI is InChI=1S/C24H37N3O3.2CH2O2/c1-2-3-16-30-22-6-4-21(5-7-22)19-26-10-8-24(20-26)9-11-27(23(24)28)13-12-25-14-17-29-18-15-25;2*2-1-3/h4-7H,2-3,8-20H2,1H3;2*1H,(H,2,3). The van der Waals surface area contributed by atoms with E-state index >= 15 is 0 Å². The molecule has 0 aliphatic carbocycles. The molecule has 1 aromatic carbocycles. The number of hydrogen-bond acceptors (Lipinski definition) is 7. The molecule has 3 aliphatic heterocycles. The molecule has 1 atom stereocenters. The Morgan fingerprint density at radius 1 is 0.972 bits per heavy atom. The molecule has 0 radical (unpaired) electrons. The second kappa shape index (κ2) is 16.1. The summed E-state index contributed by atoms with van der Waals surface area (Å²) in [5.41, 5.74) is 1.15. The SMILES string of the molecule is CCCCOc1ccc(CN2CCC3(CCN(CCN4CCOCC4)C3=O)C2)cc1.O=CO.O=CO. The number of amides is 1. The summed E-state index contributed by atoms with van der Waals surface area (Å²) < 4.78 is 11.2. The van der Waals surface area contributed by atoms with Gasteiger partial charge in [-0.2, -0.15) is 0 Å². The van der Waals surface area contributed by atoms with Crippen LogP contribution in [0, 0.1) is 5.41 Å². The van der Waals surface area contributed by atoms with E-state index in [0.29, 0.717) is 5.91 Å². The van der Waals surface area contributed by atoms with Crippen LogP contribution in [0.5, 0.6) is 5.75 Å². The van der Waals surface area contributed by atoms with Crippen molar-refractivity contribution < 1.29 is 34.1 Å². The fraction of sp³-hybridized carbons (Fsp3) is 0.654. The first-order chi connectivity index (χ1) is 17.5. The molecule has 3 heterocycles. The van der Waals surface area contributed by atoms with Crippen LogP contribution in [-0.2, 0) is 25.7 Å². The minimum absolute atomic E-state index is 0.145. The van der Waals surface area contributed by atoms with Crippen molar-refractivity contribution in [3.8, 4) is 5.75 Å². The van der Waals surface area contributed by atoms with E-state index in [9.17, 15) is 4.79 Å². The molecule has 3 aliphatic rings. The molecular weight excluding hydrogens is 466 g/mol. The van der Waals surface area contributed by atoms with Gasteiger partial charge in [0.25, 0.3) is 12.9 Å². The average molecular weight is 508 g/mol. The maximum absolute atomic E-state index is 13.2. The van der Waals surface area contributed by atoms with Gasteiger partial charge in [0.15, 0.2) is 0 Å². The predicted molar refractivity (Wildman–Crippen MR) is 135 cm³/mol. The van der Waals surface area contributed by atoms with E-state index in [1.807, 2.05) is 0 Å². The number of carboxylic acid groups (broad SMARTS) is 2. The number of hydrogen-bond donors (Lipinski definition) is 2. The van der Waals surface area contributed by atoms with E-state index < -0.39 is 0 Å². The quantitative estimate of drug-likeness (QED) is 0.382. The van der Waals surface area contributed by atoms with Crippen molar-refractivity contribution in [1.82, 2.24) is 14.7 Å². The van der Waals surface area contributed by atoms with Crippen molar-refractivity contribution in [1.29, 1.82) is 0 Å². The van der Waals surface area contributed by atoms with Crippen LogP contribution < -0.4 is 4.74 Å². The lowest BCUT2D eigenvalue weighted by Gasteiger charge is -2.29. The zero-order valence-corrected chi connectivity index (χ0v) is 21.3. The number of rotatable bonds is 9. The smallest absolute Gasteiger partial charge is 0.290 e. The van der Waals surface area contributed by atoms with E-state index in [4.69, 9.17) is 29.3 Å². The zero-order valence-electron chi connectivity index (χ0n) is 21.3. The van der Waals surface area contributed by atoms with Gasteiger partial charge in [-0.3, -0.25) is 24.2 Å². The molecule has 202 valence electrons. The third-order valence-corrected chi connectivity index (χ3v) is 6.92. The van der Waals surface area contributed by atoms with E-state index in [0.717, 1.165) is 104 Å². The molecule has 1 spiro atoms. The summed E-state index contributed by atoms with van der Waals surface area (Å²) in [5.74, 6) is 1.34. The van der Waals surface area contributed by atoms with Crippen molar-refractivity contribution in [2.75, 3.05) is 65.6 Å². The highest BCUT2D eigenvalue weighted by atomic mass is 16.5. The Balaban J connectivity index is 0.000000693. The maximum atomic E-state index is 13.2. The fourth-order valence-electron chi connectivity index (χ4n) is 4.95. The minimum Gasteiger partial charge on any atom is -0.494 e. The molecule has 1 amide bonds. The summed E-state index contributed by atoms with van der Waals surface area (Å²) in [6, 6.07) is 8.48. The maximum Gasteiger partial charge on any atom is 0.290 e. The summed E-state index contributed by atoms with van der Waals surface area (Å²) >= 11 is 0. The lowest BCUT2D eigenvalue weighted by molar-refractivity contribution is -0.135. The molecule has 0 bridgehead atoms. The number of unbranched alkanes of at least 4 members (excludes halogenated alkanes) is 1. The highest BCUT2D eigenvalue weighted by Crippen LogP contribution is 2.41. The number of benzene rings is 1. The Bertz CT molecular complexity index is 780. The third kappa shape index (κ3) is 9.07. The summed E-state index contributed by atoms with van der Waals surface area (Å²) in [7, 11) is 0. The van der Waals surface area contributed by atoms with Crippen molar-refractivity contribution >= 4 is 18.9 Å². The second-order valence-corrected chi connectivity index (χ2v) is 9.29. The van der Waals surface area contributed by atoms with Gasteiger partial charge in [0, 0.05) is 45.8 Å². The second-order valence-electron chi connectivity index (χ2n) is 9.29. The molecule has 10 heteroatoms. The van der Waals surface area contributed by atoms with Crippen molar-refractivity contribution in [2.45, 2.75) is 39.2 Å². The molecule has 0 aromatic heterocycles. The molecule has 36 heavy (non-hydrogen) atoms. The average Bonchev–Trinajstić information content (AvgIpc) is 3.43. The first-order valence-corrected chi connectivity index (χ1v) is 12.7. The fourth-order valence-corrected chi connectivity index (χ4v) is 4.95. The van der Waals surface area contributed by atoms with Crippen molar-refractivity contribution in [3.05, 3.63) is 29.8 Å². The number of likely N-dealkylation sites (tertiary alicyclic amines) is 2. The Morgan fingerprint density at radius 3 is 2.25 bits per heavy atom. The number of ether oxygens (including phenoxy) is 2. The zero-order chi connectivity index (χ0) is 26.2. The third-order valence-electron chi connectivity index (χ3n) is 6.92. The lowest BCUT2D eigenvalue weighted by atomic mass is 9.85. The molecule has 1 aromatic rings. The highest BCUT2D eigenvalue weighted by Gasteiger charge is 2.50. The van der Waals surface area contributed by atoms with E-state index in [1.54, 1.807) is 0 Å². The van der Waals surface area contributed by atoms with Gasteiger partial charge in [-0.15, -0.1) is 0 Å². The molecule has 4 rings (SSSR count). The van der Waals surface area contributed by atoms with Crippen LogP contribution >= 0.6 is 0 Å². The van der Waals surface area contributed by atoms with Crippen LogP contribution in [0.2, 0.25) is 0 Å². The Morgan fingerprint density at radius 2 is 1.61 bits per heavy atom. The molecule has 3 saturated heterocycles. The number of morpholine rings is 1. The summed E-state index contributed by atoms with van der Waals surface area (Å²) in [6.07, 6.45) is 4.25. The van der Waals surface area contributed by atoms with Gasteiger partial charge in [0.1, 0.15) is 5.75 Å². The number of carbonyl (C=O) groups is 3. The Kier molecular flexibility index (Phi) is 13.2. The molecular formula is C26H41N3O7. The van der Waals surface area contributed by atoms with Crippen molar-refractivity contribution in [2.24, 2.45) is 5.41 Å². The van der Waals surface area contributed by atoms with Crippen LogP contribution in [0.25, 0.3) is 0 Å². The molecule has 3 fully saturated rings. The number of nitrogens with zero attached hydrogens (tertiary/aromatic N) is 3. The van der Waals surface area contributed by atoms with Gasteiger partial charge in [0.05, 0.1) is 25.2 Å². The van der Waals surface area contributed by atoms with E-state index in [1.165, 1.54) is 5.56 Å². The minimum atomic E-state index is -0.250. The van der Waals surface area contributed by atoms with Gasteiger partial charge in [0.2, 0.25) is 5.91 Å². The normalized spacial score (nSPS) is 21.9. The Hall–Kier alpha value is -2.69. The van der Waals surface area contributed by atoms with Crippen molar-refractivity contribution in [3.63, 3.8) is 0 Å². The van der Waals surface area contributed by atoms with E-state index in [2.05, 4.69) is 45.9 Å². The first kappa shape index (κ1) is 29.5. The van der Waals surface area contributed by atoms with Crippen LogP contribution in [0.3, 0.4) is 0 Å². The molecule has 2 N–H and O–H groups in total. The number of carbonyl (C=O) groups excluding carboxylic acids is 1. The van der Waals surface area contributed by atoms with Gasteiger partial charge in [-0.1, -0.05) is 25.5 Å². The summed E-state index contributed by atoms with van der Waals surface area (Å²) in [5, 5.41) is 13.8. The predicted octanol–water partition coefficient (Wildman–Crippen LogP) is 2.02. The van der Waals surface area contributed by atoms with Crippen LogP contribution in [0.1, 0.15) is 38.2 Å². The monoisotopic (exact) mass is 507 g/mol. The van der Waals surface area contributed by atoms with Crippen LogP contribution in [0.4, 0.5) is 0 Å². The van der Waals surface area contributed by atoms with E-state index in [-0.39, 0.29) is 18.4 Å². The van der Waals surface area contributed by atoms with Gasteiger partial charge in [-0.05, 0) is 43.5 Å². The van der Waals surface area contributed by atoms with Gasteiger partial charge in [-0.25, -0.2) is 0 Å². The molecule has 0 saturated carbocycles. The van der Waals surface area contributed by atoms with Crippen LogP contribution in [-0.4, -0.2) is 109 Å².